The Morgan fingerprint density at radius 3 is 2.62 bits per heavy atom. The van der Waals surface area contributed by atoms with Gasteiger partial charge in [0.2, 0.25) is 10.0 Å². The summed E-state index contributed by atoms with van der Waals surface area (Å²) in [5.41, 5.74) is 1.06. The number of hydrogen-bond donors (Lipinski definition) is 1. The molecule has 186 valence electrons. The summed E-state index contributed by atoms with van der Waals surface area (Å²) < 4.78 is 48.0. The molecule has 9 heteroatoms. The summed E-state index contributed by atoms with van der Waals surface area (Å²) in [7, 11) is -3.38. The molecule has 2 heterocycles. The average Bonchev–Trinajstić information content (AvgIpc) is 2.84. The monoisotopic (exact) mass is 490 g/mol. The molecule has 0 radical (unpaired) electrons. The largest absolute Gasteiger partial charge is 0.378 e. The van der Waals surface area contributed by atoms with Crippen molar-refractivity contribution >= 4 is 15.8 Å². The van der Waals surface area contributed by atoms with Crippen LogP contribution in [0.4, 0.5) is 10.2 Å². The van der Waals surface area contributed by atoms with Crippen LogP contribution >= 0.6 is 0 Å². The van der Waals surface area contributed by atoms with E-state index >= 15 is 0 Å². The SMILES string of the molecule is CC(C)S(=O)(=O)N[C@H]1CCN(c2cccnn2)C[C@H]1CO[C@H]1CC[C@@H](c2cccc(F)c2)CC1. The van der Waals surface area contributed by atoms with Crippen LogP contribution in [0.15, 0.2) is 42.6 Å². The van der Waals surface area contributed by atoms with Gasteiger partial charge in [0.25, 0.3) is 0 Å². The van der Waals surface area contributed by atoms with Crippen LogP contribution in [0.2, 0.25) is 0 Å². The Morgan fingerprint density at radius 2 is 1.94 bits per heavy atom. The Hall–Kier alpha value is -2.10. The van der Waals surface area contributed by atoms with Gasteiger partial charge in [-0.15, -0.1) is 5.10 Å². The van der Waals surface area contributed by atoms with E-state index in [0.29, 0.717) is 32.0 Å². The van der Waals surface area contributed by atoms with Crippen LogP contribution in [0, 0.1) is 11.7 Å². The van der Waals surface area contributed by atoms with Crippen molar-refractivity contribution in [3.05, 3.63) is 54.0 Å². The zero-order chi connectivity index (χ0) is 24.1. The van der Waals surface area contributed by atoms with Gasteiger partial charge in [-0.25, -0.2) is 17.5 Å². The lowest BCUT2D eigenvalue weighted by Crippen LogP contribution is -2.54. The minimum absolute atomic E-state index is 0.00484. The van der Waals surface area contributed by atoms with Gasteiger partial charge in [-0.2, -0.15) is 5.10 Å². The van der Waals surface area contributed by atoms with E-state index in [4.69, 9.17) is 4.74 Å². The van der Waals surface area contributed by atoms with E-state index in [1.54, 1.807) is 32.2 Å². The van der Waals surface area contributed by atoms with Crippen LogP contribution in [-0.2, 0) is 14.8 Å². The zero-order valence-electron chi connectivity index (χ0n) is 19.9. The average molecular weight is 491 g/mol. The maximum Gasteiger partial charge on any atom is 0.214 e. The molecule has 4 rings (SSSR count). The van der Waals surface area contributed by atoms with Gasteiger partial charge in [0.1, 0.15) is 5.82 Å². The van der Waals surface area contributed by atoms with Crippen LogP contribution in [0.5, 0.6) is 0 Å². The second-order valence-corrected chi connectivity index (χ2v) is 12.0. The van der Waals surface area contributed by atoms with E-state index in [9.17, 15) is 12.8 Å². The first kappa shape index (κ1) is 25.0. The van der Waals surface area contributed by atoms with Crippen LogP contribution < -0.4 is 9.62 Å². The van der Waals surface area contributed by atoms with Gasteiger partial charge in [-0.3, -0.25) is 0 Å². The molecule has 0 unspecified atom stereocenters. The number of benzene rings is 1. The summed E-state index contributed by atoms with van der Waals surface area (Å²) in [5, 5.41) is 7.73. The predicted molar refractivity (Wildman–Crippen MR) is 131 cm³/mol. The lowest BCUT2D eigenvalue weighted by Gasteiger charge is -2.40. The summed E-state index contributed by atoms with van der Waals surface area (Å²) in [6.07, 6.45) is 6.24. The molecule has 1 N–H and O–H groups in total. The Bertz CT molecular complexity index is 1030. The molecule has 7 nitrogen and oxygen atoms in total. The Balaban J connectivity index is 1.37. The van der Waals surface area contributed by atoms with Crippen LogP contribution in [0.1, 0.15) is 57.4 Å². The van der Waals surface area contributed by atoms with Gasteiger partial charge >= 0.3 is 0 Å². The van der Waals surface area contributed by atoms with Crippen molar-refractivity contribution in [2.24, 2.45) is 5.92 Å². The highest BCUT2D eigenvalue weighted by Gasteiger charge is 2.34. The fourth-order valence-corrected chi connectivity index (χ4v) is 5.96. The number of ether oxygens (including phenoxy) is 1. The number of aromatic nitrogens is 2. The highest BCUT2D eigenvalue weighted by molar-refractivity contribution is 7.90. The maximum absolute atomic E-state index is 13.6. The highest BCUT2D eigenvalue weighted by Crippen LogP contribution is 2.35. The number of nitrogens with one attached hydrogen (secondary N) is 1. The minimum Gasteiger partial charge on any atom is -0.378 e. The van der Waals surface area contributed by atoms with Crippen molar-refractivity contribution < 1.29 is 17.5 Å². The number of nitrogens with zero attached hydrogens (tertiary/aromatic N) is 3. The maximum atomic E-state index is 13.6. The molecular formula is C25H35FN4O3S. The van der Waals surface area contributed by atoms with Crippen molar-refractivity contribution in [3.63, 3.8) is 0 Å². The second-order valence-electron chi connectivity index (χ2n) is 9.76. The van der Waals surface area contributed by atoms with E-state index in [-0.39, 0.29) is 23.9 Å². The summed E-state index contributed by atoms with van der Waals surface area (Å²) in [6, 6.07) is 10.5. The van der Waals surface area contributed by atoms with Crippen molar-refractivity contribution in [3.8, 4) is 0 Å². The molecule has 2 aromatic rings. The molecule has 2 atom stereocenters. The quantitative estimate of drug-likeness (QED) is 0.605. The van der Waals surface area contributed by atoms with Crippen molar-refractivity contribution in [1.29, 1.82) is 0 Å². The van der Waals surface area contributed by atoms with E-state index < -0.39 is 15.3 Å². The minimum atomic E-state index is -3.38. The Morgan fingerprint density at radius 1 is 1.15 bits per heavy atom. The molecule has 0 spiro atoms. The van der Waals surface area contributed by atoms with Gasteiger partial charge in [0.15, 0.2) is 5.82 Å². The number of hydrogen-bond acceptors (Lipinski definition) is 6. The number of halogens is 1. The molecule has 1 aliphatic carbocycles. The molecule has 1 saturated heterocycles. The molecule has 2 fully saturated rings. The van der Waals surface area contributed by atoms with E-state index in [2.05, 4.69) is 19.8 Å². The van der Waals surface area contributed by atoms with Gasteiger partial charge < -0.3 is 9.64 Å². The van der Waals surface area contributed by atoms with Crippen LogP contribution in [-0.4, -0.2) is 55.7 Å². The Kier molecular flexibility index (Phi) is 8.16. The van der Waals surface area contributed by atoms with E-state index in [1.807, 2.05) is 18.2 Å². The normalized spacial score (nSPS) is 26.1. The fraction of sp³-hybridized carbons (Fsp3) is 0.600. The third kappa shape index (κ3) is 6.31. The molecule has 1 aromatic heterocycles. The van der Waals surface area contributed by atoms with Gasteiger partial charge in [0.05, 0.1) is 18.0 Å². The van der Waals surface area contributed by atoms with Gasteiger partial charge in [-0.05, 0) is 81.7 Å². The van der Waals surface area contributed by atoms with Crippen LogP contribution in [0.3, 0.4) is 0 Å². The van der Waals surface area contributed by atoms with Crippen molar-refractivity contribution in [2.75, 3.05) is 24.6 Å². The van der Waals surface area contributed by atoms with Crippen LogP contribution in [0.25, 0.3) is 0 Å². The smallest absolute Gasteiger partial charge is 0.214 e. The summed E-state index contributed by atoms with van der Waals surface area (Å²) in [6.45, 7) is 5.23. The lowest BCUT2D eigenvalue weighted by molar-refractivity contribution is -0.00218. The summed E-state index contributed by atoms with van der Waals surface area (Å²) >= 11 is 0. The van der Waals surface area contributed by atoms with Gasteiger partial charge in [0, 0.05) is 31.2 Å². The molecule has 1 aliphatic heterocycles. The van der Waals surface area contributed by atoms with Crippen molar-refractivity contribution in [1.82, 2.24) is 14.9 Å². The highest BCUT2D eigenvalue weighted by atomic mass is 32.2. The molecule has 0 amide bonds. The topological polar surface area (TPSA) is 84.4 Å². The molecule has 1 saturated carbocycles. The fourth-order valence-electron chi connectivity index (χ4n) is 4.96. The first-order chi connectivity index (χ1) is 16.3. The number of piperidine rings is 1. The first-order valence-electron chi connectivity index (χ1n) is 12.2. The number of anilines is 1. The molecule has 1 aromatic carbocycles. The molecular weight excluding hydrogens is 455 g/mol. The van der Waals surface area contributed by atoms with E-state index in [1.165, 1.54) is 6.07 Å². The first-order valence-corrected chi connectivity index (χ1v) is 13.8. The van der Waals surface area contributed by atoms with Crippen molar-refractivity contribution in [2.45, 2.75) is 69.3 Å². The third-order valence-electron chi connectivity index (χ3n) is 7.09. The standard InChI is InChI=1S/C25H35FN4O3S/c1-18(2)34(31,32)29-24-12-14-30(25-7-4-13-27-28-25)16-21(24)17-33-23-10-8-19(9-11-23)20-5-3-6-22(26)15-20/h3-7,13,15,18-19,21,23-24,29H,8-12,14,16-17H2,1-2H3/t19-,21-,23+,24-/m0/s1. The number of rotatable bonds is 8. The lowest BCUT2D eigenvalue weighted by atomic mass is 9.82. The van der Waals surface area contributed by atoms with Gasteiger partial charge in [-0.1, -0.05) is 12.1 Å². The Labute approximate surface area is 202 Å². The summed E-state index contributed by atoms with van der Waals surface area (Å²) in [5.74, 6) is 0.984. The number of sulfonamides is 1. The molecule has 34 heavy (non-hydrogen) atoms. The third-order valence-corrected chi connectivity index (χ3v) is 8.97. The predicted octanol–water partition coefficient (Wildman–Crippen LogP) is 3.88. The van der Waals surface area contributed by atoms with E-state index in [0.717, 1.165) is 37.1 Å². The second kappa shape index (κ2) is 11.1. The molecule has 0 bridgehead atoms. The zero-order valence-corrected chi connectivity index (χ0v) is 20.8. The summed E-state index contributed by atoms with van der Waals surface area (Å²) in [4.78, 5) is 2.15. The molecule has 2 aliphatic rings.